The molecule has 1 aliphatic heterocycles. The molecule has 1 fully saturated rings. The van der Waals surface area contributed by atoms with E-state index in [1.54, 1.807) is 17.1 Å². The van der Waals surface area contributed by atoms with E-state index in [9.17, 15) is 4.79 Å². The number of benzene rings is 2. The van der Waals surface area contributed by atoms with Crippen molar-refractivity contribution in [2.75, 3.05) is 24.5 Å². The molecule has 0 atom stereocenters. The van der Waals surface area contributed by atoms with Gasteiger partial charge in [-0.15, -0.1) is 0 Å². The number of piperazine rings is 1. The van der Waals surface area contributed by atoms with Gasteiger partial charge in [0, 0.05) is 35.9 Å². The first-order chi connectivity index (χ1) is 15.0. The third-order valence-electron chi connectivity index (χ3n) is 5.58. The Morgan fingerprint density at radius 3 is 2.77 bits per heavy atom. The maximum Gasteiger partial charge on any atom is 0.270 e. The summed E-state index contributed by atoms with van der Waals surface area (Å²) in [6.45, 7) is 4.41. The van der Waals surface area contributed by atoms with Crippen LogP contribution < -0.4 is 21.8 Å². The van der Waals surface area contributed by atoms with Crippen LogP contribution in [0.1, 0.15) is 27.2 Å². The quantitative estimate of drug-likeness (QED) is 0.472. The molecule has 1 aromatic heterocycles. The molecule has 1 amide bonds. The summed E-state index contributed by atoms with van der Waals surface area (Å²) in [5, 5.41) is 21.5. The summed E-state index contributed by atoms with van der Waals surface area (Å²) in [5.74, 6) is 5.73. The highest BCUT2D eigenvalue weighted by Crippen LogP contribution is 2.30. The number of nitrogens with zero attached hydrogens (tertiary/aromatic N) is 4. The van der Waals surface area contributed by atoms with E-state index in [0.29, 0.717) is 30.9 Å². The molecule has 158 valence electrons. The second-order valence-corrected chi connectivity index (χ2v) is 7.47. The van der Waals surface area contributed by atoms with E-state index < -0.39 is 0 Å². The van der Waals surface area contributed by atoms with Gasteiger partial charge in [-0.1, -0.05) is 12.1 Å². The first-order valence-corrected chi connectivity index (χ1v) is 9.94. The molecule has 1 aliphatic rings. The lowest BCUT2D eigenvalue weighted by atomic mass is 10.1. The van der Waals surface area contributed by atoms with Gasteiger partial charge in [-0.3, -0.25) is 9.89 Å². The summed E-state index contributed by atoms with van der Waals surface area (Å²) in [4.78, 5) is 15.0. The van der Waals surface area contributed by atoms with Crippen LogP contribution in [0.25, 0.3) is 10.9 Å². The second-order valence-electron chi connectivity index (χ2n) is 7.47. The van der Waals surface area contributed by atoms with Gasteiger partial charge in [0.15, 0.2) is 0 Å². The highest BCUT2D eigenvalue weighted by molar-refractivity contribution is 6.06. The van der Waals surface area contributed by atoms with Gasteiger partial charge in [-0.25, -0.2) is 5.84 Å². The fourth-order valence-electron chi connectivity index (χ4n) is 3.78. The van der Waals surface area contributed by atoms with Crippen LogP contribution in [0.2, 0.25) is 0 Å². The maximum atomic E-state index is 12.7. The predicted molar refractivity (Wildman–Crippen MR) is 119 cm³/mol. The molecule has 0 spiro atoms. The van der Waals surface area contributed by atoms with Gasteiger partial charge in [0.05, 0.1) is 35.9 Å². The minimum atomic E-state index is -0.232. The van der Waals surface area contributed by atoms with Gasteiger partial charge in [0.25, 0.3) is 5.91 Å². The van der Waals surface area contributed by atoms with Gasteiger partial charge in [0.1, 0.15) is 5.69 Å². The van der Waals surface area contributed by atoms with Gasteiger partial charge >= 0.3 is 0 Å². The number of fused-ring (bicyclic) bond motifs is 1. The zero-order valence-corrected chi connectivity index (χ0v) is 17.2. The van der Waals surface area contributed by atoms with Crippen LogP contribution >= 0.6 is 0 Å². The lowest BCUT2D eigenvalue weighted by Gasteiger charge is -2.37. The number of hydrogen-bond acceptors (Lipinski definition) is 7. The Morgan fingerprint density at radius 1 is 1.29 bits per heavy atom. The second kappa shape index (κ2) is 8.38. The van der Waals surface area contributed by atoms with Crippen LogP contribution in [-0.2, 0) is 6.54 Å². The Labute approximate surface area is 179 Å². The van der Waals surface area contributed by atoms with Gasteiger partial charge < -0.3 is 21.0 Å². The number of aryl methyl sites for hydroxylation is 1. The van der Waals surface area contributed by atoms with Crippen molar-refractivity contribution in [1.29, 1.82) is 5.26 Å². The summed E-state index contributed by atoms with van der Waals surface area (Å²) in [7, 11) is 0. The maximum absolute atomic E-state index is 12.7. The first kappa shape index (κ1) is 20.3. The zero-order chi connectivity index (χ0) is 22.0. The molecule has 0 unspecified atom stereocenters. The lowest BCUT2D eigenvalue weighted by Crippen LogP contribution is -2.48. The van der Waals surface area contributed by atoms with Crippen molar-refractivity contribution in [2.45, 2.75) is 13.5 Å². The molecule has 0 bridgehead atoms. The van der Waals surface area contributed by atoms with E-state index in [4.69, 9.17) is 16.8 Å². The number of anilines is 1. The van der Waals surface area contributed by atoms with Crippen molar-refractivity contribution < 1.29 is 4.79 Å². The Hall–Kier alpha value is -4.03. The molecule has 6 N–H and O–H groups in total. The largest absolute Gasteiger partial charge is 0.403 e. The van der Waals surface area contributed by atoms with Crippen molar-refractivity contribution >= 4 is 22.5 Å². The first-order valence-electron chi connectivity index (χ1n) is 9.94. The molecule has 9 heteroatoms. The minimum absolute atomic E-state index is 0.232. The standard InChI is InChI=1S/C22H24N8O/c1-14-19(29-8-9-30(25)17(11-24)13-29)7-6-18-20(14)27-28-21(18)22(31)26-12-16-4-2-15(10-23)3-5-16/h2-7,11H,8-9,12-13,24-25H2,1H3,(H,26,31)(H,27,28)/b17-11-. The van der Waals surface area contributed by atoms with Crippen molar-refractivity contribution in [3.63, 3.8) is 0 Å². The molecule has 1 saturated heterocycles. The molecular formula is C22H24N8O. The van der Waals surface area contributed by atoms with E-state index in [1.807, 2.05) is 31.2 Å². The number of nitrogens with two attached hydrogens (primary N) is 2. The van der Waals surface area contributed by atoms with Gasteiger partial charge in [0.2, 0.25) is 0 Å². The third-order valence-corrected chi connectivity index (χ3v) is 5.58. The van der Waals surface area contributed by atoms with E-state index in [2.05, 4.69) is 26.5 Å². The fraction of sp³-hybridized carbons (Fsp3) is 0.227. The van der Waals surface area contributed by atoms with Crippen LogP contribution in [0.15, 0.2) is 48.3 Å². The third kappa shape index (κ3) is 3.89. The molecule has 0 saturated carbocycles. The van der Waals surface area contributed by atoms with Crippen molar-refractivity contribution in [3.05, 3.63) is 70.7 Å². The summed E-state index contributed by atoms with van der Waals surface area (Å²) in [5.41, 5.74) is 11.3. The van der Waals surface area contributed by atoms with Crippen LogP contribution in [0, 0.1) is 18.3 Å². The molecular weight excluding hydrogens is 392 g/mol. The number of nitriles is 1. The summed E-state index contributed by atoms with van der Waals surface area (Å²) in [6, 6.07) is 13.1. The number of aromatic nitrogens is 2. The summed E-state index contributed by atoms with van der Waals surface area (Å²) >= 11 is 0. The number of carbonyl (C=O) groups excluding carboxylic acids is 1. The normalized spacial score (nSPS) is 15.3. The Balaban J connectivity index is 1.53. The number of amides is 1. The SMILES string of the molecule is Cc1c(N2CCN(N)/C(=C\N)C2)ccc2c(C(=O)NCc3ccc(C#N)cc3)[nH]nc12. The topological polar surface area (TPSA) is 140 Å². The number of nitrogens with one attached hydrogen (secondary N) is 2. The molecule has 0 radical (unpaired) electrons. The van der Waals surface area contributed by atoms with Gasteiger partial charge in [-0.2, -0.15) is 10.4 Å². The average molecular weight is 416 g/mol. The molecule has 2 aromatic carbocycles. The average Bonchev–Trinajstić information content (AvgIpc) is 3.24. The molecule has 0 aliphatic carbocycles. The van der Waals surface area contributed by atoms with Crippen LogP contribution in [-0.4, -0.2) is 40.7 Å². The van der Waals surface area contributed by atoms with Gasteiger partial charge in [-0.05, 0) is 36.8 Å². The fourth-order valence-corrected chi connectivity index (χ4v) is 3.78. The minimum Gasteiger partial charge on any atom is -0.403 e. The van der Waals surface area contributed by atoms with E-state index in [1.165, 1.54) is 6.20 Å². The zero-order valence-electron chi connectivity index (χ0n) is 17.2. The van der Waals surface area contributed by atoms with Crippen LogP contribution in [0.5, 0.6) is 0 Å². The number of hydrogen-bond donors (Lipinski definition) is 4. The summed E-state index contributed by atoms with van der Waals surface area (Å²) < 4.78 is 0. The number of aromatic amines is 1. The van der Waals surface area contributed by atoms with E-state index in [0.717, 1.165) is 40.0 Å². The molecule has 4 rings (SSSR count). The number of carbonyl (C=O) groups is 1. The predicted octanol–water partition coefficient (Wildman–Crippen LogP) is 1.47. The smallest absolute Gasteiger partial charge is 0.270 e. The van der Waals surface area contributed by atoms with Crippen LogP contribution in [0.3, 0.4) is 0 Å². The summed E-state index contributed by atoms with van der Waals surface area (Å²) in [6.07, 6.45) is 1.53. The molecule has 31 heavy (non-hydrogen) atoms. The van der Waals surface area contributed by atoms with Crippen molar-refractivity contribution in [3.8, 4) is 6.07 Å². The monoisotopic (exact) mass is 416 g/mol. The Kier molecular flexibility index (Phi) is 5.47. The van der Waals surface area contributed by atoms with Crippen molar-refractivity contribution in [1.82, 2.24) is 20.5 Å². The Bertz CT molecular complexity index is 1190. The molecule has 9 nitrogen and oxygen atoms in total. The highest BCUT2D eigenvalue weighted by atomic mass is 16.1. The molecule has 2 heterocycles. The number of H-pyrrole nitrogens is 1. The number of rotatable bonds is 4. The van der Waals surface area contributed by atoms with E-state index in [-0.39, 0.29) is 5.91 Å². The number of hydrazine groups is 1. The van der Waals surface area contributed by atoms with E-state index >= 15 is 0 Å². The Morgan fingerprint density at radius 2 is 2.06 bits per heavy atom. The highest BCUT2D eigenvalue weighted by Gasteiger charge is 2.22. The van der Waals surface area contributed by atoms with Crippen LogP contribution in [0.4, 0.5) is 5.69 Å². The molecule has 3 aromatic rings. The van der Waals surface area contributed by atoms with Crippen molar-refractivity contribution in [2.24, 2.45) is 11.6 Å². The lowest BCUT2D eigenvalue weighted by molar-refractivity contribution is 0.0947.